The monoisotopic (exact) mass is 280 g/mol. The third-order valence-corrected chi connectivity index (χ3v) is 2.52. The topological polar surface area (TPSA) is 30.0 Å². The van der Waals surface area contributed by atoms with Crippen molar-refractivity contribution in [2.45, 2.75) is 41.5 Å². The zero-order chi connectivity index (χ0) is 13.2. The fraction of sp³-hybridized carbons (Fsp3) is 0.600. The Bertz CT molecular complexity index is 258. The number of quaternary nitrogens is 1. The first kappa shape index (κ1) is 27.2. The van der Waals surface area contributed by atoms with Gasteiger partial charge < -0.3 is 5.48 Å². The molecule has 0 heterocycles. The molecule has 0 aromatic heterocycles. The van der Waals surface area contributed by atoms with Crippen LogP contribution in [-0.2, 0) is 0 Å². The Morgan fingerprint density at radius 2 is 1.22 bits per heavy atom. The van der Waals surface area contributed by atoms with E-state index in [-0.39, 0.29) is 56.9 Å². The first-order valence-electron chi connectivity index (χ1n) is 6.46. The van der Waals surface area contributed by atoms with Gasteiger partial charge in [0.15, 0.2) is 0 Å². The molecule has 0 bridgehead atoms. The average molecular weight is 281 g/mol. The summed E-state index contributed by atoms with van der Waals surface area (Å²) >= 11 is 0. The second kappa shape index (κ2) is 15.8. The summed E-state index contributed by atoms with van der Waals surface area (Å²) in [4.78, 5) is 0. The van der Waals surface area contributed by atoms with E-state index in [1.807, 2.05) is 27.7 Å². The second-order valence-electron chi connectivity index (χ2n) is 3.84. The van der Waals surface area contributed by atoms with Crippen LogP contribution in [0, 0.1) is 6.92 Å². The number of nitrogens with zero attached hydrogens (tertiary/aromatic N) is 1. The molecule has 0 unspecified atom stereocenters. The standard InChI is InChI=1S/C11H18N.2C2H6.K.H2O/c1-5-12(3,4)11-8-6-10(2)7-9-11;2*1-2;;/h6-9H,5H2,1-4H3;2*1-2H3;;1H2/q+1;;;+1;/p-1. The Morgan fingerprint density at radius 1 is 0.889 bits per heavy atom. The van der Waals surface area contributed by atoms with Crippen LogP contribution in [0.3, 0.4) is 0 Å². The van der Waals surface area contributed by atoms with Gasteiger partial charge in [-0.3, -0.25) is 4.48 Å². The molecule has 1 aromatic carbocycles. The molecule has 0 amide bonds. The average Bonchev–Trinajstić information content (AvgIpc) is 2.35. The van der Waals surface area contributed by atoms with Crippen LogP contribution in [0.2, 0.25) is 0 Å². The van der Waals surface area contributed by atoms with Crippen LogP contribution in [-0.4, -0.2) is 26.1 Å². The van der Waals surface area contributed by atoms with E-state index < -0.39 is 0 Å². The molecule has 0 spiro atoms. The number of hydrogen-bond acceptors (Lipinski definition) is 1. The van der Waals surface area contributed by atoms with Crippen LogP contribution in [0.25, 0.3) is 0 Å². The summed E-state index contributed by atoms with van der Waals surface area (Å²) in [5.74, 6) is 0. The number of benzene rings is 1. The minimum Gasteiger partial charge on any atom is -0.870 e. The predicted molar refractivity (Wildman–Crippen MR) is 80.0 cm³/mol. The normalized spacial score (nSPS) is 8.44. The summed E-state index contributed by atoms with van der Waals surface area (Å²) in [5.41, 5.74) is 2.71. The molecular formula is C15H31KNO+. The molecular weight excluding hydrogens is 249 g/mol. The predicted octanol–water partition coefficient (Wildman–Crippen LogP) is 1.46. The van der Waals surface area contributed by atoms with Crippen molar-refractivity contribution in [1.82, 2.24) is 4.48 Å². The minimum absolute atomic E-state index is 0. The van der Waals surface area contributed by atoms with E-state index in [1.165, 1.54) is 11.3 Å². The molecule has 0 saturated heterocycles. The second-order valence-corrected chi connectivity index (χ2v) is 3.84. The van der Waals surface area contributed by atoms with Crippen LogP contribution < -0.4 is 55.9 Å². The van der Waals surface area contributed by atoms with Crippen LogP contribution in [0.1, 0.15) is 40.2 Å². The van der Waals surface area contributed by atoms with Crippen molar-refractivity contribution >= 4 is 5.69 Å². The van der Waals surface area contributed by atoms with Crippen molar-refractivity contribution < 1.29 is 56.9 Å². The summed E-state index contributed by atoms with van der Waals surface area (Å²) in [6.45, 7) is 13.5. The molecule has 0 radical (unpaired) electrons. The zero-order valence-electron chi connectivity index (χ0n) is 13.9. The summed E-state index contributed by atoms with van der Waals surface area (Å²) in [6.07, 6.45) is 0. The van der Waals surface area contributed by atoms with E-state index in [1.54, 1.807) is 0 Å². The quantitative estimate of drug-likeness (QED) is 0.596. The van der Waals surface area contributed by atoms with Crippen molar-refractivity contribution in [2.75, 3.05) is 20.6 Å². The summed E-state index contributed by atoms with van der Waals surface area (Å²) in [7, 11) is 4.45. The van der Waals surface area contributed by atoms with E-state index in [0.29, 0.717) is 0 Å². The van der Waals surface area contributed by atoms with Gasteiger partial charge in [-0.2, -0.15) is 0 Å². The van der Waals surface area contributed by atoms with Gasteiger partial charge in [-0.05, 0) is 26.0 Å². The molecule has 0 atom stereocenters. The molecule has 0 saturated carbocycles. The first-order chi connectivity index (χ1) is 7.56. The van der Waals surface area contributed by atoms with E-state index in [0.717, 1.165) is 11.0 Å². The van der Waals surface area contributed by atoms with Gasteiger partial charge in [-0.15, -0.1) is 0 Å². The van der Waals surface area contributed by atoms with Crippen LogP contribution in [0.15, 0.2) is 24.3 Å². The van der Waals surface area contributed by atoms with E-state index >= 15 is 0 Å². The van der Waals surface area contributed by atoms with Crippen molar-refractivity contribution in [3.8, 4) is 0 Å². The summed E-state index contributed by atoms with van der Waals surface area (Å²) in [5, 5.41) is 0. The molecule has 1 rings (SSSR count). The van der Waals surface area contributed by atoms with E-state index in [2.05, 4.69) is 52.2 Å². The Labute approximate surface area is 157 Å². The summed E-state index contributed by atoms with van der Waals surface area (Å²) < 4.78 is 0.959. The molecule has 3 heteroatoms. The maximum absolute atomic E-state index is 2.23. The van der Waals surface area contributed by atoms with Crippen molar-refractivity contribution in [3.63, 3.8) is 0 Å². The van der Waals surface area contributed by atoms with Gasteiger partial charge >= 0.3 is 51.4 Å². The van der Waals surface area contributed by atoms with Gasteiger partial charge in [-0.1, -0.05) is 45.4 Å². The van der Waals surface area contributed by atoms with E-state index in [9.17, 15) is 0 Å². The van der Waals surface area contributed by atoms with Crippen molar-refractivity contribution in [2.24, 2.45) is 0 Å². The first-order valence-corrected chi connectivity index (χ1v) is 6.46. The molecule has 2 nitrogen and oxygen atoms in total. The van der Waals surface area contributed by atoms with Gasteiger partial charge in [0.25, 0.3) is 0 Å². The smallest absolute Gasteiger partial charge is 0.870 e. The fourth-order valence-electron chi connectivity index (χ4n) is 1.13. The zero-order valence-corrected chi connectivity index (χ0v) is 17.0. The molecule has 0 aliphatic rings. The van der Waals surface area contributed by atoms with Gasteiger partial charge in [0.1, 0.15) is 5.69 Å². The summed E-state index contributed by atoms with van der Waals surface area (Å²) in [6, 6.07) is 8.76. The van der Waals surface area contributed by atoms with Crippen LogP contribution in [0.4, 0.5) is 5.69 Å². The number of rotatable bonds is 2. The third-order valence-electron chi connectivity index (χ3n) is 2.52. The largest absolute Gasteiger partial charge is 1.00 e. The Kier molecular flexibility index (Phi) is 23.9. The van der Waals surface area contributed by atoms with Gasteiger partial charge in [-0.25, -0.2) is 0 Å². The minimum atomic E-state index is 0. The van der Waals surface area contributed by atoms with E-state index in [4.69, 9.17) is 0 Å². The Hall–Kier alpha value is 0.776. The number of aryl methyl sites for hydroxylation is 1. The molecule has 0 aliphatic carbocycles. The maximum Gasteiger partial charge on any atom is 1.00 e. The SMILES string of the molecule is CC.CC.CC[N+](C)(C)c1ccc(C)cc1.[K+].[OH-]. The van der Waals surface area contributed by atoms with Gasteiger partial charge in [0, 0.05) is 0 Å². The molecule has 0 fully saturated rings. The maximum atomic E-state index is 2.23. The van der Waals surface area contributed by atoms with Crippen molar-refractivity contribution in [1.29, 1.82) is 0 Å². The molecule has 102 valence electrons. The molecule has 1 N–H and O–H groups in total. The molecule has 0 aliphatic heterocycles. The van der Waals surface area contributed by atoms with Gasteiger partial charge in [0.05, 0.1) is 20.6 Å². The molecule has 1 aromatic rings. The fourth-order valence-corrected chi connectivity index (χ4v) is 1.13. The number of hydrogen-bond donors (Lipinski definition) is 0. The van der Waals surface area contributed by atoms with Crippen molar-refractivity contribution in [3.05, 3.63) is 29.8 Å². The Balaban J connectivity index is -0.000000149. The molecule has 18 heavy (non-hydrogen) atoms. The van der Waals surface area contributed by atoms with Crippen LogP contribution in [0.5, 0.6) is 0 Å². The Morgan fingerprint density at radius 3 is 1.50 bits per heavy atom. The van der Waals surface area contributed by atoms with Crippen LogP contribution >= 0.6 is 0 Å². The van der Waals surface area contributed by atoms with Gasteiger partial charge in [0.2, 0.25) is 0 Å². The third kappa shape index (κ3) is 10.7.